The van der Waals surface area contributed by atoms with Crippen LogP contribution in [0.15, 0.2) is 109 Å². The van der Waals surface area contributed by atoms with Crippen LogP contribution in [0.1, 0.15) is 33.1 Å². The summed E-state index contributed by atoms with van der Waals surface area (Å²) in [5.41, 5.74) is 5.29. The summed E-state index contributed by atoms with van der Waals surface area (Å²) in [7, 11) is -4.67. The lowest BCUT2D eigenvalue weighted by Gasteiger charge is -2.21. The number of carboxylic acid groups (broad SMARTS) is 1. The number of rotatable bonds is 8. The van der Waals surface area contributed by atoms with Crippen LogP contribution in [-0.2, 0) is 23.4 Å². The maximum Gasteiger partial charge on any atom is 0.394 e. The van der Waals surface area contributed by atoms with E-state index >= 15 is 0 Å². The van der Waals surface area contributed by atoms with Gasteiger partial charge in [-0.3, -0.25) is 9.11 Å². The quantitative estimate of drug-likeness (QED) is 0.187. The molecule has 0 aliphatic heterocycles. The first-order chi connectivity index (χ1) is 18.7. The number of aromatic nitrogens is 2. The van der Waals surface area contributed by atoms with Crippen molar-refractivity contribution >= 4 is 33.4 Å². The van der Waals surface area contributed by atoms with Gasteiger partial charge in [-0.2, -0.15) is 8.42 Å². The van der Waals surface area contributed by atoms with Crippen molar-refractivity contribution in [2.45, 2.75) is 19.0 Å². The van der Waals surface area contributed by atoms with Gasteiger partial charge in [-0.25, -0.2) is 9.78 Å². The summed E-state index contributed by atoms with van der Waals surface area (Å²) in [6.07, 6.45) is 0.805. The molecule has 0 aliphatic rings. The van der Waals surface area contributed by atoms with Crippen LogP contribution < -0.4 is 5.32 Å². The molecular formula is C29H27N3O6S. The SMILES string of the molecule is O=C(O)c1ccc2nc(NC(c3ccccc3)c3ccccc3)n(CCc3ccccc3)c2c1.O=S(=O)(O)O. The number of hydrogen-bond donors (Lipinski definition) is 4. The number of hydrogen-bond acceptors (Lipinski definition) is 5. The van der Waals surface area contributed by atoms with Crippen LogP contribution in [0.5, 0.6) is 0 Å². The van der Waals surface area contributed by atoms with E-state index < -0.39 is 16.4 Å². The molecule has 0 saturated carbocycles. The Kier molecular flexibility index (Phi) is 8.72. The molecule has 5 aromatic rings. The van der Waals surface area contributed by atoms with Crippen LogP contribution in [0.2, 0.25) is 0 Å². The maximum absolute atomic E-state index is 11.6. The van der Waals surface area contributed by atoms with E-state index in [-0.39, 0.29) is 11.6 Å². The van der Waals surface area contributed by atoms with E-state index in [4.69, 9.17) is 22.5 Å². The third-order valence-corrected chi connectivity index (χ3v) is 6.00. The zero-order valence-electron chi connectivity index (χ0n) is 20.8. The third-order valence-electron chi connectivity index (χ3n) is 6.00. The molecule has 0 radical (unpaired) electrons. The molecule has 10 heteroatoms. The lowest BCUT2D eigenvalue weighted by atomic mass is 9.99. The fourth-order valence-corrected chi connectivity index (χ4v) is 4.26. The number of anilines is 1. The molecule has 39 heavy (non-hydrogen) atoms. The molecule has 0 unspecified atom stereocenters. The molecule has 0 atom stereocenters. The molecular weight excluding hydrogens is 518 g/mol. The highest BCUT2D eigenvalue weighted by Gasteiger charge is 2.19. The topological polar surface area (TPSA) is 142 Å². The number of aromatic carboxylic acids is 1. The van der Waals surface area contributed by atoms with Crippen LogP contribution in [0.25, 0.3) is 11.0 Å². The average molecular weight is 546 g/mol. The van der Waals surface area contributed by atoms with E-state index in [9.17, 15) is 9.90 Å². The molecule has 0 saturated heterocycles. The van der Waals surface area contributed by atoms with Gasteiger partial charge in [0.15, 0.2) is 0 Å². The molecule has 0 aliphatic carbocycles. The van der Waals surface area contributed by atoms with Crippen molar-refractivity contribution in [3.63, 3.8) is 0 Å². The van der Waals surface area contributed by atoms with Gasteiger partial charge in [-0.15, -0.1) is 0 Å². The van der Waals surface area contributed by atoms with Crippen LogP contribution in [0.3, 0.4) is 0 Å². The third kappa shape index (κ3) is 7.74. The van der Waals surface area contributed by atoms with Crippen molar-refractivity contribution in [2.75, 3.05) is 5.32 Å². The summed E-state index contributed by atoms with van der Waals surface area (Å²) < 4.78 is 33.7. The normalized spacial score (nSPS) is 11.2. The molecule has 0 spiro atoms. The summed E-state index contributed by atoms with van der Waals surface area (Å²) in [4.78, 5) is 16.5. The van der Waals surface area contributed by atoms with E-state index in [1.807, 2.05) is 54.6 Å². The fraction of sp³-hybridized carbons (Fsp3) is 0.103. The molecule has 0 fully saturated rings. The Bertz CT molecular complexity index is 1590. The van der Waals surface area contributed by atoms with Gasteiger partial charge >= 0.3 is 16.4 Å². The Labute approximate surface area is 226 Å². The Balaban J connectivity index is 0.000000648. The van der Waals surface area contributed by atoms with Crippen molar-refractivity contribution in [3.8, 4) is 0 Å². The fourth-order valence-electron chi connectivity index (χ4n) is 4.26. The largest absolute Gasteiger partial charge is 0.478 e. The summed E-state index contributed by atoms with van der Waals surface area (Å²) in [5, 5.41) is 13.2. The Hall–Kier alpha value is -4.51. The molecule has 1 aromatic heterocycles. The van der Waals surface area contributed by atoms with Gasteiger partial charge in [-0.05, 0) is 41.3 Å². The number of carbonyl (C=O) groups is 1. The predicted molar refractivity (Wildman–Crippen MR) is 149 cm³/mol. The first-order valence-electron chi connectivity index (χ1n) is 12.0. The van der Waals surface area contributed by atoms with E-state index in [2.05, 4.69) is 46.3 Å². The number of carboxylic acids is 1. The summed E-state index contributed by atoms with van der Waals surface area (Å²) in [6.45, 7) is 0.669. The average Bonchev–Trinajstić information content (AvgIpc) is 3.27. The summed E-state index contributed by atoms with van der Waals surface area (Å²) in [6, 6.07) is 35.8. The standard InChI is InChI=1S/C29H25N3O2.H2O4S/c33-28(34)24-16-17-25-26(20-24)32(19-18-21-10-4-1-5-11-21)29(30-25)31-27(22-12-6-2-7-13-22)23-14-8-3-9-15-23;1-5(2,3)4/h1-17,20,27H,18-19H2,(H,30,31)(H,33,34);(H2,1,2,3,4). The van der Waals surface area contributed by atoms with Crippen LogP contribution in [0, 0.1) is 0 Å². The van der Waals surface area contributed by atoms with E-state index in [1.54, 1.807) is 18.2 Å². The highest BCUT2D eigenvalue weighted by atomic mass is 32.3. The number of nitrogens with one attached hydrogen (secondary N) is 1. The lowest BCUT2D eigenvalue weighted by molar-refractivity contribution is 0.0697. The maximum atomic E-state index is 11.6. The van der Waals surface area contributed by atoms with Gasteiger partial charge in [-0.1, -0.05) is 91.0 Å². The Morgan fingerprint density at radius 2 is 1.33 bits per heavy atom. The number of aryl methyl sites for hydroxylation is 2. The molecule has 1 heterocycles. The molecule has 0 bridgehead atoms. The van der Waals surface area contributed by atoms with E-state index in [0.29, 0.717) is 12.5 Å². The molecule has 200 valence electrons. The summed E-state index contributed by atoms with van der Waals surface area (Å²) >= 11 is 0. The Morgan fingerprint density at radius 3 is 1.85 bits per heavy atom. The molecule has 4 aromatic carbocycles. The van der Waals surface area contributed by atoms with E-state index in [0.717, 1.165) is 28.6 Å². The van der Waals surface area contributed by atoms with Gasteiger partial charge in [0.25, 0.3) is 0 Å². The zero-order chi connectivity index (χ0) is 27.8. The van der Waals surface area contributed by atoms with Gasteiger partial charge in [0.1, 0.15) is 0 Å². The smallest absolute Gasteiger partial charge is 0.394 e. The molecule has 5 rings (SSSR count). The first-order valence-corrected chi connectivity index (χ1v) is 13.4. The van der Waals surface area contributed by atoms with Crippen LogP contribution >= 0.6 is 0 Å². The lowest BCUT2D eigenvalue weighted by Crippen LogP contribution is -2.16. The summed E-state index contributed by atoms with van der Waals surface area (Å²) in [5.74, 6) is -0.232. The zero-order valence-corrected chi connectivity index (χ0v) is 21.6. The predicted octanol–water partition coefficient (Wildman–Crippen LogP) is 5.53. The molecule has 9 nitrogen and oxygen atoms in total. The van der Waals surface area contributed by atoms with Crippen molar-refractivity contribution in [1.29, 1.82) is 0 Å². The minimum atomic E-state index is -4.67. The number of benzene rings is 4. The number of fused-ring (bicyclic) bond motifs is 1. The molecule has 4 N–H and O–H groups in total. The number of imidazole rings is 1. The van der Waals surface area contributed by atoms with Crippen molar-refractivity contribution in [1.82, 2.24) is 9.55 Å². The minimum Gasteiger partial charge on any atom is -0.478 e. The van der Waals surface area contributed by atoms with E-state index in [1.165, 1.54) is 5.56 Å². The van der Waals surface area contributed by atoms with Crippen LogP contribution in [0.4, 0.5) is 5.95 Å². The second-order valence-corrected chi connectivity index (χ2v) is 9.57. The Morgan fingerprint density at radius 1 is 0.821 bits per heavy atom. The van der Waals surface area contributed by atoms with Gasteiger partial charge < -0.3 is 15.0 Å². The molecule has 0 amide bonds. The van der Waals surface area contributed by atoms with Crippen molar-refractivity contribution in [3.05, 3.63) is 131 Å². The number of nitrogens with zero attached hydrogens (tertiary/aromatic N) is 2. The van der Waals surface area contributed by atoms with Gasteiger partial charge in [0, 0.05) is 6.54 Å². The van der Waals surface area contributed by atoms with Crippen LogP contribution in [-0.4, -0.2) is 38.2 Å². The second kappa shape index (κ2) is 12.4. The highest BCUT2D eigenvalue weighted by molar-refractivity contribution is 7.79. The highest BCUT2D eigenvalue weighted by Crippen LogP contribution is 2.29. The van der Waals surface area contributed by atoms with Gasteiger partial charge in [0.2, 0.25) is 5.95 Å². The van der Waals surface area contributed by atoms with Crippen molar-refractivity contribution in [2.24, 2.45) is 0 Å². The monoisotopic (exact) mass is 545 g/mol. The second-order valence-electron chi connectivity index (χ2n) is 8.68. The minimum absolute atomic E-state index is 0.103. The van der Waals surface area contributed by atoms with Crippen molar-refractivity contribution < 1.29 is 27.4 Å². The van der Waals surface area contributed by atoms with Gasteiger partial charge in [0.05, 0.1) is 22.6 Å². The first kappa shape index (κ1) is 27.5.